The Morgan fingerprint density at radius 2 is 1.90 bits per heavy atom. The summed E-state index contributed by atoms with van der Waals surface area (Å²) >= 11 is 0. The van der Waals surface area contributed by atoms with Gasteiger partial charge in [-0.1, -0.05) is 6.92 Å². The van der Waals surface area contributed by atoms with Crippen LogP contribution in [-0.4, -0.2) is 70.3 Å². The van der Waals surface area contributed by atoms with Crippen molar-refractivity contribution >= 4 is 17.9 Å². The highest BCUT2D eigenvalue weighted by molar-refractivity contribution is 5.95. The number of methoxy groups -OCH3 is 2. The molecule has 0 heterocycles. The van der Waals surface area contributed by atoms with Crippen LogP contribution in [0.1, 0.15) is 6.92 Å². The Hall–Kier alpha value is -1.67. The molecule has 0 aliphatic rings. The van der Waals surface area contributed by atoms with Gasteiger partial charge in [-0.3, -0.25) is 19.8 Å². The van der Waals surface area contributed by atoms with Gasteiger partial charge in [-0.05, 0) is 7.05 Å². The second-order valence-corrected chi connectivity index (χ2v) is 4.42. The van der Waals surface area contributed by atoms with Gasteiger partial charge in [0, 0.05) is 20.2 Å². The van der Waals surface area contributed by atoms with Crippen LogP contribution < -0.4 is 10.6 Å². The Morgan fingerprint density at radius 3 is 2.45 bits per heavy atom. The first-order chi connectivity index (χ1) is 9.40. The fraction of sp³-hybridized carbons (Fsp3) is 0.750. The van der Waals surface area contributed by atoms with E-state index in [0.29, 0.717) is 19.7 Å². The molecule has 1 atom stereocenters. The first kappa shape index (κ1) is 18.3. The summed E-state index contributed by atoms with van der Waals surface area (Å²) in [6.45, 7) is 2.78. The third kappa shape index (κ3) is 8.44. The monoisotopic (exact) mass is 289 g/mol. The molecular formula is C12H23N3O5. The first-order valence-electron chi connectivity index (χ1n) is 6.23. The standard InChI is InChI=1S/C12H23N3O5/c1-9(11(17)20-4)7-15(2)8-10(16)14-12(18)13-5-6-19-3/h9H,5-8H2,1-4H3,(H2,13,14,16,18). The number of likely N-dealkylation sites (N-methyl/N-ethyl adjacent to an activating group) is 1. The maximum Gasteiger partial charge on any atom is 0.321 e. The molecule has 0 rings (SSSR count). The average Bonchev–Trinajstić information content (AvgIpc) is 2.37. The lowest BCUT2D eigenvalue weighted by Crippen LogP contribution is -2.45. The van der Waals surface area contributed by atoms with Crippen LogP contribution in [0.4, 0.5) is 4.79 Å². The fourth-order valence-electron chi connectivity index (χ4n) is 1.53. The van der Waals surface area contributed by atoms with Gasteiger partial charge in [0.15, 0.2) is 0 Å². The molecule has 2 N–H and O–H groups in total. The summed E-state index contributed by atoms with van der Waals surface area (Å²) in [5.41, 5.74) is 0. The molecule has 0 fully saturated rings. The lowest BCUT2D eigenvalue weighted by Gasteiger charge is -2.19. The Kier molecular flexibility index (Phi) is 9.31. The fourth-order valence-corrected chi connectivity index (χ4v) is 1.53. The molecule has 0 aliphatic heterocycles. The van der Waals surface area contributed by atoms with Crippen LogP contribution in [0, 0.1) is 5.92 Å². The minimum absolute atomic E-state index is 0.0129. The van der Waals surface area contributed by atoms with Gasteiger partial charge in [0.1, 0.15) is 0 Å². The SMILES string of the molecule is COCCNC(=O)NC(=O)CN(C)CC(C)C(=O)OC. The van der Waals surface area contributed by atoms with Gasteiger partial charge in [-0.15, -0.1) is 0 Å². The highest BCUT2D eigenvalue weighted by atomic mass is 16.5. The van der Waals surface area contributed by atoms with E-state index in [2.05, 4.69) is 15.4 Å². The van der Waals surface area contributed by atoms with E-state index in [1.807, 2.05) is 0 Å². The second kappa shape index (κ2) is 10.2. The number of imide groups is 1. The molecule has 0 saturated heterocycles. The first-order valence-corrected chi connectivity index (χ1v) is 6.23. The van der Waals surface area contributed by atoms with Crippen molar-refractivity contribution in [1.82, 2.24) is 15.5 Å². The zero-order valence-electron chi connectivity index (χ0n) is 12.4. The van der Waals surface area contributed by atoms with Crippen LogP contribution in [0.2, 0.25) is 0 Å². The van der Waals surface area contributed by atoms with Crippen molar-refractivity contribution in [2.24, 2.45) is 5.92 Å². The molecule has 0 saturated carbocycles. The van der Waals surface area contributed by atoms with E-state index in [1.165, 1.54) is 14.2 Å². The molecular weight excluding hydrogens is 266 g/mol. The minimum Gasteiger partial charge on any atom is -0.469 e. The van der Waals surface area contributed by atoms with Gasteiger partial charge in [0.2, 0.25) is 5.91 Å². The molecule has 0 aromatic heterocycles. The molecule has 3 amide bonds. The average molecular weight is 289 g/mol. The normalized spacial score (nSPS) is 11.8. The van der Waals surface area contributed by atoms with Crippen molar-refractivity contribution in [1.29, 1.82) is 0 Å². The van der Waals surface area contributed by atoms with E-state index in [1.54, 1.807) is 18.9 Å². The molecule has 8 nitrogen and oxygen atoms in total. The number of carbonyl (C=O) groups excluding carboxylic acids is 3. The molecule has 0 radical (unpaired) electrons. The number of nitrogens with one attached hydrogen (secondary N) is 2. The molecule has 0 aromatic carbocycles. The van der Waals surface area contributed by atoms with E-state index in [0.717, 1.165) is 0 Å². The third-order valence-electron chi connectivity index (χ3n) is 2.45. The van der Waals surface area contributed by atoms with Crippen LogP contribution in [0.25, 0.3) is 0 Å². The van der Waals surface area contributed by atoms with Crippen molar-refractivity contribution in [2.75, 3.05) is 47.5 Å². The van der Waals surface area contributed by atoms with Crippen molar-refractivity contribution in [3.8, 4) is 0 Å². The summed E-state index contributed by atoms with van der Waals surface area (Å²) in [5, 5.41) is 4.65. The summed E-state index contributed by atoms with van der Waals surface area (Å²) in [7, 11) is 4.51. The molecule has 20 heavy (non-hydrogen) atoms. The Labute approximate surface area is 118 Å². The molecule has 0 spiro atoms. The van der Waals surface area contributed by atoms with Crippen LogP contribution in [-0.2, 0) is 19.1 Å². The van der Waals surface area contributed by atoms with Gasteiger partial charge in [-0.25, -0.2) is 4.79 Å². The predicted octanol–water partition coefficient (Wildman–Crippen LogP) is -0.800. The Morgan fingerprint density at radius 1 is 1.25 bits per heavy atom. The number of esters is 1. The number of nitrogens with zero attached hydrogens (tertiary/aromatic N) is 1. The second-order valence-electron chi connectivity index (χ2n) is 4.42. The van der Waals surface area contributed by atoms with Gasteiger partial charge in [0.05, 0.1) is 26.2 Å². The quantitative estimate of drug-likeness (QED) is 0.448. The van der Waals surface area contributed by atoms with E-state index in [-0.39, 0.29) is 18.4 Å². The maximum absolute atomic E-state index is 11.6. The zero-order chi connectivity index (χ0) is 15.5. The van der Waals surface area contributed by atoms with Crippen LogP contribution in [0.5, 0.6) is 0 Å². The maximum atomic E-state index is 11.6. The van der Waals surface area contributed by atoms with E-state index >= 15 is 0 Å². The number of amides is 3. The Balaban J connectivity index is 3.95. The number of rotatable bonds is 8. The van der Waals surface area contributed by atoms with Gasteiger partial charge in [-0.2, -0.15) is 0 Å². The number of carbonyl (C=O) groups is 3. The Bertz CT molecular complexity index is 335. The van der Waals surface area contributed by atoms with Crippen LogP contribution in [0.15, 0.2) is 0 Å². The van der Waals surface area contributed by atoms with Gasteiger partial charge in [0.25, 0.3) is 0 Å². The largest absolute Gasteiger partial charge is 0.469 e. The van der Waals surface area contributed by atoms with Gasteiger partial charge >= 0.3 is 12.0 Å². The summed E-state index contributed by atoms with van der Waals surface area (Å²) in [4.78, 5) is 35.7. The summed E-state index contributed by atoms with van der Waals surface area (Å²) < 4.78 is 9.35. The van der Waals surface area contributed by atoms with Crippen molar-refractivity contribution in [3.63, 3.8) is 0 Å². The van der Waals surface area contributed by atoms with Crippen LogP contribution in [0.3, 0.4) is 0 Å². The topological polar surface area (TPSA) is 97.0 Å². The molecule has 116 valence electrons. The smallest absolute Gasteiger partial charge is 0.321 e. The summed E-state index contributed by atoms with van der Waals surface area (Å²) in [5.74, 6) is -1.12. The third-order valence-corrected chi connectivity index (χ3v) is 2.45. The van der Waals surface area contributed by atoms with E-state index in [9.17, 15) is 14.4 Å². The number of urea groups is 1. The van der Waals surface area contributed by atoms with Gasteiger partial charge < -0.3 is 14.8 Å². The predicted molar refractivity (Wildman–Crippen MR) is 72.1 cm³/mol. The molecule has 0 bridgehead atoms. The van der Waals surface area contributed by atoms with Crippen molar-refractivity contribution in [3.05, 3.63) is 0 Å². The van der Waals surface area contributed by atoms with E-state index < -0.39 is 11.9 Å². The number of hydrogen-bond donors (Lipinski definition) is 2. The number of ether oxygens (including phenoxy) is 2. The summed E-state index contributed by atoms with van der Waals surface area (Å²) in [6.07, 6.45) is 0. The molecule has 0 aliphatic carbocycles. The summed E-state index contributed by atoms with van der Waals surface area (Å²) in [6, 6.07) is -0.568. The van der Waals surface area contributed by atoms with Crippen LogP contribution >= 0.6 is 0 Å². The van der Waals surface area contributed by atoms with Crippen molar-refractivity contribution in [2.45, 2.75) is 6.92 Å². The molecule has 0 aromatic rings. The number of hydrogen-bond acceptors (Lipinski definition) is 6. The lowest BCUT2D eigenvalue weighted by atomic mass is 10.2. The van der Waals surface area contributed by atoms with Crippen molar-refractivity contribution < 1.29 is 23.9 Å². The zero-order valence-corrected chi connectivity index (χ0v) is 12.4. The highest BCUT2D eigenvalue weighted by Gasteiger charge is 2.17. The highest BCUT2D eigenvalue weighted by Crippen LogP contribution is 2.00. The lowest BCUT2D eigenvalue weighted by molar-refractivity contribution is -0.145. The molecule has 1 unspecified atom stereocenters. The molecule has 8 heteroatoms. The minimum atomic E-state index is -0.568. The van der Waals surface area contributed by atoms with E-state index in [4.69, 9.17) is 4.74 Å².